The van der Waals surface area contributed by atoms with Gasteiger partial charge in [0.05, 0.1) is 0 Å². The lowest BCUT2D eigenvalue weighted by Gasteiger charge is -2.20. The Morgan fingerprint density at radius 1 is 1.22 bits per heavy atom. The lowest BCUT2D eigenvalue weighted by atomic mass is 10.2. The number of phenols is 1. The first-order valence-electron chi connectivity index (χ1n) is 5.60. The molecule has 18 heavy (non-hydrogen) atoms. The molecule has 0 saturated carbocycles. The number of halogens is 1. The number of aromatic hydroxyl groups is 1. The van der Waals surface area contributed by atoms with Crippen LogP contribution in [0.3, 0.4) is 0 Å². The molecule has 3 N–H and O–H groups in total. The van der Waals surface area contributed by atoms with Crippen molar-refractivity contribution < 1.29 is 5.11 Å². The Labute approximate surface area is 111 Å². The molecule has 0 spiro atoms. The lowest BCUT2D eigenvalue weighted by Crippen LogP contribution is -2.16. The van der Waals surface area contributed by atoms with Gasteiger partial charge in [0.1, 0.15) is 5.75 Å². The van der Waals surface area contributed by atoms with E-state index in [4.69, 9.17) is 17.3 Å². The predicted molar refractivity (Wildman–Crippen MR) is 76.1 cm³/mol. The molecule has 0 saturated heterocycles. The zero-order valence-electron chi connectivity index (χ0n) is 10.1. The highest BCUT2D eigenvalue weighted by molar-refractivity contribution is 6.31. The van der Waals surface area contributed by atoms with Crippen LogP contribution in [0.25, 0.3) is 0 Å². The number of anilines is 2. The Bertz CT molecular complexity index is 557. The molecule has 0 aliphatic carbocycles. The average Bonchev–Trinajstić information content (AvgIpc) is 2.34. The van der Waals surface area contributed by atoms with Gasteiger partial charge >= 0.3 is 0 Å². The zero-order valence-corrected chi connectivity index (χ0v) is 10.9. The summed E-state index contributed by atoms with van der Waals surface area (Å²) in [5.41, 5.74) is 8.33. The number of nitrogens with two attached hydrogens (primary N) is 1. The first kappa shape index (κ1) is 12.6. The van der Waals surface area contributed by atoms with Gasteiger partial charge in [0.2, 0.25) is 0 Å². The summed E-state index contributed by atoms with van der Waals surface area (Å²) < 4.78 is 0. The van der Waals surface area contributed by atoms with Crippen molar-refractivity contribution in [2.45, 2.75) is 6.54 Å². The monoisotopic (exact) mass is 262 g/mol. The summed E-state index contributed by atoms with van der Waals surface area (Å²) in [5, 5.41) is 10.1. The van der Waals surface area contributed by atoms with Gasteiger partial charge in [-0.15, -0.1) is 0 Å². The maximum absolute atomic E-state index is 9.45. The van der Waals surface area contributed by atoms with Crippen molar-refractivity contribution >= 4 is 23.0 Å². The molecule has 0 heterocycles. The van der Waals surface area contributed by atoms with Crippen LogP contribution in [-0.4, -0.2) is 12.2 Å². The molecule has 4 heteroatoms. The minimum atomic E-state index is 0.248. The number of nitrogen functional groups attached to an aromatic ring is 1. The molecule has 94 valence electrons. The van der Waals surface area contributed by atoms with Crippen LogP contribution in [0.4, 0.5) is 11.4 Å². The van der Waals surface area contributed by atoms with Crippen molar-refractivity contribution in [3.8, 4) is 5.75 Å². The highest BCUT2D eigenvalue weighted by Gasteiger charge is 2.06. The second-order valence-corrected chi connectivity index (χ2v) is 4.63. The normalized spacial score (nSPS) is 10.3. The molecule has 0 amide bonds. The Morgan fingerprint density at radius 3 is 2.72 bits per heavy atom. The standard InChI is InChI=1S/C14H15ClN2O/c1-17(12-3-2-4-13(18)8-12)9-10-7-11(16)5-6-14(10)15/h2-8,18H,9,16H2,1H3. The number of phenolic OH excluding ortho intramolecular Hbond substituents is 1. The molecule has 2 aromatic rings. The highest BCUT2D eigenvalue weighted by atomic mass is 35.5. The molecule has 0 aliphatic heterocycles. The van der Waals surface area contributed by atoms with E-state index in [-0.39, 0.29) is 5.75 Å². The summed E-state index contributed by atoms with van der Waals surface area (Å²) in [4.78, 5) is 2.00. The van der Waals surface area contributed by atoms with Gasteiger partial charge in [-0.05, 0) is 35.9 Å². The van der Waals surface area contributed by atoms with Crippen LogP contribution in [0.2, 0.25) is 5.02 Å². The highest BCUT2D eigenvalue weighted by Crippen LogP contribution is 2.24. The van der Waals surface area contributed by atoms with Gasteiger partial charge < -0.3 is 15.7 Å². The van der Waals surface area contributed by atoms with Crippen molar-refractivity contribution in [2.24, 2.45) is 0 Å². The molecule has 0 aliphatic rings. The van der Waals surface area contributed by atoms with Gasteiger partial charge in [0.15, 0.2) is 0 Å². The van der Waals surface area contributed by atoms with Crippen LogP contribution in [0, 0.1) is 0 Å². The third kappa shape index (κ3) is 2.87. The van der Waals surface area contributed by atoms with Crippen LogP contribution in [0.1, 0.15) is 5.56 Å². The third-order valence-electron chi connectivity index (χ3n) is 2.75. The van der Waals surface area contributed by atoms with Gasteiger partial charge in [-0.3, -0.25) is 0 Å². The SMILES string of the molecule is CN(Cc1cc(N)ccc1Cl)c1cccc(O)c1. The minimum Gasteiger partial charge on any atom is -0.508 e. The first-order valence-corrected chi connectivity index (χ1v) is 5.98. The van der Waals surface area contributed by atoms with Gasteiger partial charge in [0, 0.05) is 36.1 Å². The van der Waals surface area contributed by atoms with Gasteiger partial charge in [-0.1, -0.05) is 17.7 Å². The summed E-state index contributed by atoms with van der Waals surface area (Å²) >= 11 is 6.13. The van der Waals surface area contributed by atoms with E-state index in [9.17, 15) is 5.11 Å². The van der Waals surface area contributed by atoms with E-state index < -0.39 is 0 Å². The number of benzene rings is 2. The maximum atomic E-state index is 9.45. The van der Waals surface area contributed by atoms with E-state index >= 15 is 0 Å². The summed E-state index contributed by atoms with van der Waals surface area (Å²) in [7, 11) is 1.94. The second kappa shape index (κ2) is 5.19. The molecule has 0 fully saturated rings. The molecule has 3 nitrogen and oxygen atoms in total. The number of hydrogen-bond acceptors (Lipinski definition) is 3. The molecule has 0 bridgehead atoms. The fraction of sp³-hybridized carbons (Fsp3) is 0.143. The van der Waals surface area contributed by atoms with Crippen LogP contribution in [0.15, 0.2) is 42.5 Å². The van der Waals surface area contributed by atoms with Gasteiger partial charge in [0.25, 0.3) is 0 Å². The van der Waals surface area contributed by atoms with Crippen molar-refractivity contribution in [3.63, 3.8) is 0 Å². The van der Waals surface area contributed by atoms with Crippen molar-refractivity contribution in [2.75, 3.05) is 17.7 Å². The topological polar surface area (TPSA) is 49.5 Å². The van der Waals surface area contributed by atoms with Crippen LogP contribution in [-0.2, 0) is 6.54 Å². The number of hydrogen-bond donors (Lipinski definition) is 2. The number of rotatable bonds is 3. The zero-order chi connectivity index (χ0) is 13.1. The van der Waals surface area contributed by atoms with E-state index in [1.54, 1.807) is 24.3 Å². The van der Waals surface area contributed by atoms with E-state index in [2.05, 4.69) is 0 Å². The molecule has 0 atom stereocenters. The summed E-state index contributed by atoms with van der Waals surface area (Å²) in [5.74, 6) is 0.248. The van der Waals surface area contributed by atoms with E-state index in [1.807, 2.05) is 30.1 Å². The summed E-state index contributed by atoms with van der Waals surface area (Å²) in [6, 6.07) is 12.5. The quantitative estimate of drug-likeness (QED) is 0.835. The molecule has 0 aromatic heterocycles. The Morgan fingerprint density at radius 2 is 2.00 bits per heavy atom. The van der Waals surface area contributed by atoms with E-state index in [0.29, 0.717) is 17.3 Å². The smallest absolute Gasteiger partial charge is 0.117 e. The fourth-order valence-electron chi connectivity index (χ4n) is 1.79. The van der Waals surface area contributed by atoms with Crippen LogP contribution < -0.4 is 10.6 Å². The van der Waals surface area contributed by atoms with E-state index in [1.165, 1.54) is 0 Å². The fourth-order valence-corrected chi connectivity index (χ4v) is 1.97. The largest absolute Gasteiger partial charge is 0.508 e. The van der Waals surface area contributed by atoms with Crippen LogP contribution in [0.5, 0.6) is 5.75 Å². The molecular formula is C14H15ClN2O. The molecule has 0 radical (unpaired) electrons. The summed E-state index contributed by atoms with van der Waals surface area (Å²) in [6.45, 7) is 0.632. The second-order valence-electron chi connectivity index (χ2n) is 4.23. The molecule has 2 aromatic carbocycles. The Hall–Kier alpha value is -1.87. The minimum absolute atomic E-state index is 0.248. The summed E-state index contributed by atoms with van der Waals surface area (Å²) in [6.07, 6.45) is 0. The lowest BCUT2D eigenvalue weighted by molar-refractivity contribution is 0.475. The molecular weight excluding hydrogens is 248 g/mol. The van der Waals surface area contributed by atoms with Crippen molar-refractivity contribution in [1.29, 1.82) is 0 Å². The number of nitrogens with zero attached hydrogens (tertiary/aromatic N) is 1. The Balaban J connectivity index is 2.21. The van der Waals surface area contributed by atoms with Gasteiger partial charge in [-0.2, -0.15) is 0 Å². The maximum Gasteiger partial charge on any atom is 0.117 e. The predicted octanol–water partition coefficient (Wildman–Crippen LogP) is 3.26. The van der Waals surface area contributed by atoms with Crippen molar-refractivity contribution in [1.82, 2.24) is 0 Å². The van der Waals surface area contributed by atoms with Crippen molar-refractivity contribution in [3.05, 3.63) is 53.1 Å². The Kier molecular flexibility index (Phi) is 3.63. The average molecular weight is 263 g/mol. The van der Waals surface area contributed by atoms with E-state index in [0.717, 1.165) is 11.3 Å². The van der Waals surface area contributed by atoms with Crippen LogP contribution >= 0.6 is 11.6 Å². The first-order chi connectivity index (χ1) is 8.56. The molecule has 2 rings (SSSR count). The van der Waals surface area contributed by atoms with Gasteiger partial charge in [-0.25, -0.2) is 0 Å². The third-order valence-corrected chi connectivity index (χ3v) is 3.12. The molecule has 0 unspecified atom stereocenters.